The summed E-state index contributed by atoms with van der Waals surface area (Å²) in [6.07, 6.45) is 2.39. The lowest BCUT2D eigenvalue weighted by Gasteiger charge is -2.21. The van der Waals surface area contributed by atoms with Crippen molar-refractivity contribution in [3.8, 4) is 0 Å². The molecular weight excluding hydrogens is 224 g/mol. The SMILES string of the molecule is CCN(c1snc(N)c1C(=O)NC)C1CC1. The zero-order valence-electron chi connectivity index (χ0n) is 9.49. The molecule has 16 heavy (non-hydrogen) atoms. The van der Waals surface area contributed by atoms with Gasteiger partial charge in [0.15, 0.2) is 5.82 Å². The Labute approximate surface area is 98.8 Å². The normalized spacial score (nSPS) is 14.9. The lowest BCUT2D eigenvalue weighted by molar-refractivity contribution is 0.0964. The number of hydrogen-bond donors (Lipinski definition) is 2. The third kappa shape index (κ3) is 1.84. The quantitative estimate of drug-likeness (QED) is 0.826. The molecule has 0 unspecified atom stereocenters. The molecule has 88 valence electrons. The number of nitrogen functional groups attached to an aromatic ring is 1. The fraction of sp³-hybridized carbons (Fsp3) is 0.600. The van der Waals surface area contributed by atoms with E-state index in [0.29, 0.717) is 17.4 Å². The molecule has 6 heteroatoms. The highest BCUT2D eigenvalue weighted by Gasteiger charge is 2.32. The maximum Gasteiger partial charge on any atom is 0.257 e. The smallest absolute Gasteiger partial charge is 0.257 e. The van der Waals surface area contributed by atoms with Crippen LogP contribution in [0.1, 0.15) is 30.1 Å². The van der Waals surface area contributed by atoms with Gasteiger partial charge in [-0.3, -0.25) is 4.79 Å². The van der Waals surface area contributed by atoms with Gasteiger partial charge in [-0.1, -0.05) is 0 Å². The molecular formula is C10H16N4OS. The Bertz CT molecular complexity index is 400. The monoisotopic (exact) mass is 240 g/mol. The summed E-state index contributed by atoms with van der Waals surface area (Å²) < 4.78 is 4.08. The summed E-state index contributed by atoms with van der Waals surface area (Å²) in [7, 11) is 1.61. The largest absolute Gasteiger partial charge is 0.382 e. The molecule has 1 aromatic rings. The first kappa shape index (κ1) is 11.2. The van der Waals surface area contributed by atoms with Gasteiger partial charge in [0, 0.05) is 19.6 Å². The number of nitrogens with one attached hydrogen (secondary N) is 1. The van der Waals surface area contributed by atoms with E-state index in [9.17, 15) is 4.79 Å². The van der Waals surface area contributed by atoms with E-state index in [1.165, 1.54) is 24.4 Å². The van der Waals surface area contributed by atoms with Gasteiger partial charge >= 0.3 is 0 Å². The molecule has 0 spiro atoms. The lowest BCUT2D eigenvalue weighted by Crippen LogP contribution is -2.28. The third-order valence-electron chi connectivity index (χ3n) is 2.74. The van der Waals surface area contributed by atoms with Crippen molar-refractivity contribution in [1.29, 1.82) is 0 Å². The van der Waals surface area contributed by atoms with Crippen molar-refractivity contribution in [1.82, 2.24) is 9.69 Å². The Kier molecular flexibility index (Phi) is 3.00. The number of rotatable bonds is 4. The van der Waals surface area contributed by atoms with Gasteiger partial charge in [-0.05, 0) is 31.3 Å². The maximum absolute atomic E-state index is 11.7. The van der Waals surface area contributed by atoms with Crippen molar-refractivity contribution < 1.29 is 4.79 Å². The molecule has 0 atom stereocenters. The average molecular weight is 240 g/mol. The van der Waals surface area contributed by atoms with Gasteiger partial charge < -0.3 is 16.0 Å². The summed E-state index contributed by atoms with van der Waals surface area (Å²) in [4.78, 5) is 13.9. The van der Waals surface area contributed by atoms with Crippen LogP contribution in [0.2, 0.25) is 0 Å². The van der Waals surface area contributed by atoms with Crippen LogP contribution in [0.15, 0.2) is 0 Å². The van der Waals surface area contributed by atoms with Gasteiger partial charge in [0.2, 0.25) is 0 Å². The second kappa shape index (κ2) is 4.29. The van der Waals surface area contributed by atoms with Crippen LogP contribution >= 0.6 is 11.5 Å². The predicted octanol–water partition coefficient (Wildman–Crippen LogP) is 1.07. The molecule has 2 rings (SSSR count). The lowest BCUT2D eigenvalue weighted by atomic mass is 10.2. The van der Waals surface area contributed by atoms with Crippen molar-refractivity contribution in [3.05, 3.63) is 5.56 Å². The van der Waals surface area contributed by atoms with Gasteiger partial charge in [-0.25, -0.2) is 0 Å². The third-order valence-corrected chi connectivity index (χ3v) is 3.64. The Balaban J connectivity index is 2.35. The molecule has 0 aromatic carbocycles. The zero-order chi connectivity index (χ0) is 11.7. The van der Waals surface area contributed by atoms with Crippen LogP contribution in [0, 0.1) is 0 Å². The van der Waals surface area contributed by atoms with Gasteiger partial charge in [-0.15, -0.1) is 0 Å². The van der Waals surface area contributed by atoms with Crippen LogP contribution in [-0.4, -0.2) is 29.9 Å². The Morgan fingerprint density at radius 3 is 2.88 bits per heavy atom. The fourth-order valence-electron chi connectivity index (χ4n) is 1.78. The van der Waals surface area contributed by atoms with Crippen LogP contribution in [-0.2, 0) is 0 Å². The minimum absolute atomic E-state index is 0.152. The number of anilines is 2. The van der Waals surface area contributed by atoms with E-state index >= 15 is 0 Å². The highest BCUT2D eigenvalue weighted by atomic mass is 32.1. The molecule has 1 aliphatic rings. The second-order valence-corrected chi connectivity index (χ2v) is 4.60. The summed E-state index contributed by atoms with van der Waals surface area (Å²) in [5, 5.41) is 3.51. The van der Waals surface area contributed by atoms with Crippen LogP contribution in [0.5, 0.6) is 0 Å². The van der Waals surface area contributed by atoms with Crippen LogP contribution < -0.4 is 16.0 Å². The maximum atomic E-state index is 11.7. The first-order valence-corrected chi connectivity index (χ1v) is 6.20. The standard InChI is InChI=1S/C10H16N4OS/c1-3-14(6-4-5-6)10-7(9(15)12-2)8(11)13-16-10/h6H,3-5H2,1-2H3,(H2,11,13)(H,12,15). The Morgan fingerprint density at radius 1 is 1.69 bits per heavy atom. The molecule has 0 saturated heterocycles. The summed E-state index contributed by atoms with van der Waals surface area (Å²) in [5.74, 6) is 0.179. The molecule has 1 amide bonds. The van der Waals surface area contributed by atoms with E-state index in [1.54, 1.807) is 7.05 Å². The summed E-state index contributed by atoms with van der Waals surface area (Å²) in [6, 6.07) is 0.563. The fourth-order valence-corrected chi connectivity index (χ4v) is 2.73. The zero-order valence-corrected chi connectivity index (χ0v) is 10.3. The molecule has 1 aliphatic carbocycles. The molecule has 3 N–H and O–H groups in total. The van der Waals surface area contributed by atoms with Gasteiger partial charge in [0.1, 0.15) is 10.6 Å². The highest BCUT2D eigenvalue weighted by molar-refractivity contribution is 7.11. The van der Waals surface area contributed by atoms with Crippen LogP contribution in [0.3, 0.4) is 0 Å². The van der Waals surface area contributed by atoms with Crippen molar-refractivity contribution in [2.75, 3.05) is 24.2 Å². The van der Waals surface area contributed by atoms with Crippen LogP contribution in [0.25, 0.3) is 0 Å². The number of nitrogens with zero attached hydrogens (tertiary/aromatic N) is 2. The average Bonchev–Trinajstić information content (AvgIpc) is 3.04. The molecule has 0 radical (unpaired) electrons. The van der Waals surface area contributed by atoms with Gasteiger partial charge in [-0.2, -0.15) is 4.37 Å². The van der Waals surface area contributed by atoms with Crippen molar-refractivity contribution in [3.63, 3.8) is 0 Å². The van der Waals surface area contributed by atoms with E-state index in [0.717, 1.165) is 11.5 Å². The topological polar surface area (TPSA) is 71.2 Å². The minimum Gasteiger partial charge on any atom is -0.382 e. The molecule has 1 saturated carbocycles. The van der Waals surface area contributed by atoms with Gasteiger partial charge in [0.25, 0.3) is 5.91 Å². The number of nitrogens with two attached hydrogens (primary N) is 1. The first-order chi connectivity index (χ1) is 7.69. The molecule has 0 aliphatic heterocycles. The first-order valence-electron chi connectivity index (χ1n) is 5.42. The van der Waals surface area contributed by atoms with Crippen molar-refractivity contribution >= 4 is 28.3 Å². The molecule has 1 aromatic heterocycles. The van der Waals surface area contributed by atoms with E-state index in [2.05, 4.69) is 21.5 Å². The van der Waals surface area contributed by atoms with Crippen molar-refractivity contribution in [2.45, 2.75) is 25.8 Å². The minimum atomic E-state index is -0.152. The molecule has 1 heterocycles. The molecule has 0 bridgehead atoms. The molecule has 5 nitrogen and oxygen atoms in total. The van der Waals surface area contributed by atoms with E-state index < -0.39 is 0 Å². The van der Waals surface area contributed by atoms with Gasteiger partial charge in [0.05, 0.1) is 0 Å². The predicted molar refractivity (Wildman–Crippen MR) is 66.0 cm³/mol. The number of amides is 1. The highest BCUT2D eigenvalue weighted by Crippen LogP contribution is 2.37. The number of carbonyl (C=O) groups excluding carboxylic acids is 1. The van der Waals surface area contributed by atoms with E-state index in [4.69, 9.17) is 5.73 Å². The second-order valence-electron chi connectivity index (χ2n) is 3.84. The summed E-state index contributed by atoms with van der Waals surface area (Å²) >= 11 is 1.31. The number of aromatic nitrogens is 1. The Morgan fingerprint density at radius 2 is 2.38 bits per heavy atom. The van der Waals surface area contributed by atoms with E-state index in [1.807, 2.05) is 0 Å². The summed E-state index contributed by atoms with van der Waals surface area (Å²) in [6.45, 7) is 2.97. The Hall–Kier alpha value is -1.30. The number of hydrogen-bond acceptors (Lipinski definition) is 5. The van der Waals surface area contributed by atoms with E-state index in [-0.39, 0.29) is 5.91 Å². The van der Waals surface area contributed by atoms with Crippen molar-refractivity contribution in [2.24, 2.45) is 0 Å². The summed E-state index contributed by atoms with van der Waals surface area (Å²) in [5.41, 5.74) is 6.27. The molecule has 1 fully saturated rings. The van der Waals surface area contributed by atoms with Crippen LogP contribution in [0.4, 0.5) is 10.8 Å². The number of carbonyl (C=O) groups is 1.